The fourth-order valence-corrected chi connectivity index (χ4v) is 9.78. The highest BCUT2D eigenvalue weighted by Crippen LogP contribution is 2.43. The molecule has 0 aromatic carbocycles. The first-order chi connectivity index (χ1) is 35.2. The first-order valence-electron chi connectivity index (χ1n) is 30.6. The molecule has 0 aliphatic rings. The van der Waals surface area contributed by atoms with E-state index in [2.05, 4.69) is 32.9 Å². The van der Waals surface area contributed by atoms with Crippen LogP contribution >= 0.6 is 7.82 Å². The third-order valence-electron chi connectivity index (χ3n) is 13.7. The highest BCUT2D eigenvalue weighted by Gasteiger charge is 2.28. The monoisotopic (exact) mass is 1040 g/mol. The molecular formula is C60H115O11P. The van der Waals surface area contributed by atoms with Gasteiger partial charge in [-0.15, -0.1) is 0 Å². The summed E-state index contributed by atoms with van der Waals surface area (Å²) in [5, 5.41) is 9.81. The average molecular weight is 1040 g/mol. The smallest absolute Gasteiger partial charge is 0.462 e. The van der Waals surface area contributed by atoms with E-state index in [4.69, 9.17) is 23.3 Å². The molecule has 426 valence electrons. The molecule has 12 heteroatoms. The van der Waals surface area contributed by atoms with Crippen LogP contribution in [0.5, 0.6) is 0 Å². The van der Waals surface area contributed by atoms with E-state index in [0.717, 1.165) is 77.0 Å². The molecule has 0 aromatic rings. The van der Waals surface area contributed by atoms with Gasteiger partial charge in [-0.05, 0) is 44.9 Å². The van der Waals surface area contributed by atoms with Crippen molar-refractivity contribution in [2.75, 3.05) is 26.4 Å². The van der Waals surface area contributed by atoms with Crippen molar-refractivity contribution < 1.29 is 52.2 Å². The number of allylic oxidation sites excluding steroid dienone is 2. The van der Waals surface area contributed by atoms with Gasteiger partial charge in [0.05, 0.1) is 19.8 Å². The Morgan fingerprint density at radius 1 is 0.375 bits per heavy atom. The van der Waals surface area contributed by atoms with E-state index < -0.39 is 57.8 Å². The van der Waals surface area contributed by atoms with Gasteiger partial charge >= 0.3 is 25.7 Å². The number of ether oxygens (including phenoxy) is 3. The van der Waals surface area contributed by atoms with Gasteiger partial charge < -0.3 is 24.2 Å². The molecular weight excluding hydrogens is 928 g/mol. The summed E-state index contributed by atoms with van der Waals surface area (Å²) in [7, 11) is -4.74. The molecule has 0 rings (SSSR count). The van der Waals surface area contributed by atoms with Crippen LogP contribution in [-0.4, -0.2) is 66.5 Å². The molecule has 3 unspecified atom stereocenters. The lowest BCUT2D eigenvalue weighted by molar-refractivity contribution is -0.161. The van der Waals surface area contributed by atoms with E-state index >= 15 is 0 Å². The summed E-state index contributed by atoms with van der Waals surface area (Å²) in [4.78, 5) is 48.6. The Bertz CT molecular complexity index is 1260. The molecule has 0 heterocycles. The molecule has 0 aromatic heterocycles. The topological polar surface area (TPSA) is 155 Å². The number of unbranched alkanes of at least 4 members (excludes halogenated alkanes) is 39. The van der Waals surface area contributed by atoms with Crippen LogP contribution < -0.4 is 0 Å². The van der Waals surface area contributed by atoms with Crippen molar-refractivity contribution in [3.8, 4) is 0 Å². The van der Waals surface area contributed by atoms with Crippen molar-refractivity contribution in [2.45, 2.75) is 328 Å². The van der Waals surface area contributed by atoms with Gasteiger partial charge in [-0.2, -0.15) is 0 Å². The number of aliphatic hydroxyl groups is 1. The number of hydrogen-bond acceptors (Lipinski definition) is 10. The molecule has 0 saturated heterocycles. The maximum absolute atomic E-state index is 12.9. The summed E-state index contributed by atoms with van der Waals surface area (Å²) in [5.74, 6) is -1.44. The molecule has 0 amide bonds. The number of carbonyl (C=O) groups is 3. The van der Waals surface area contributed by atoms with E-state index in [1.807, 2.05) is 0 Å². The van der Waals surface area contributed by atoms with E-state index in [0.29, 0.717) is 19.3 Å². The SMILES string of the molecule is CCCCCCCC/C=C\CCCCCCCC(=O)OC(COC(=O)CCCCCCCCCCCCCCCCCCC)COP(=O)(O)OCC(CO)OC(=O)CCCCCCCCCCCCCCC. The molecule has 0 radical (unpaired) electrons. The maximum Gasteiger partial charge on any atom is 0.472 e. The number of esters is 3. The Labute approximate surface area is 443 Å². The highest BCUT2D eigenvalue weighted by molar-refractivity contribution is 7.47. The van der Waals surface area contributed by atoms with E-state index in [9.17, 15) is 28.9 Å². The first-order valence-corrected chi connectivity index (χ1v) is 32.1. The minimum atomic E-state index is -4.74. The second-order valence-electron chi connectivity index (χ2n) is 20.9. The van der Waals surface area contributed by atoms with Crippen LogP contribution in [0.25, 0.3) is 0 Å². The number of hydrogen-bond donors (Lipinski definition) is 2. The van der Waals surface area contributed by atoms with Crippen LogP contribution in [-0.2, 0) is 42.2 Å². The summed E-state index contributed by atoms with van der Waals surface area (Å²) in [6.45, 7) is 4.70. The van der Waals surface area contributed by atoms with Crippen LogP contribution in [0.3, 0.4) is 0 Å². The molecule has 0 aliphatic heterocycles. The Balaban J connectivity index is 4.66. The van der Waals surface area contributed by atoms with Crippen LogP contribution in [0.15, 0.2) is 12.2 Å². The minimum Gasteiger partial charge on any atom is -0.462 e. The van der Waals surface area contributed by atoms with Gasteiger partial charge in [-0.3, -0.25) is 23.4 Å². The van der Waals surface area contributed by atoms with Gasteiger partial charge in [0.2, 0.25) is 0 Å². The summed E-state index contributed by atoms with van der Waals surface area (Å²) in [6.07, 6.45) is 54.5. The zero-order valence-electron chi connectivity index (χ0n) is 47.2. The lowest BCUT2D eigenvalue weighted by Gasteiger charge is -2.21. The molecule has 72 heavy (non-hydrogen) atoms. The molecule has 0 bridgehead atoms. The quantitative estimate of drug-likeness (QED) is 0.0197. The number of rotatable bonds is 58. The van der Waals surface area contributed by atoms with Gasteiger partial charge in [0.15, 0.2) is 6.10 Å². The summed E-state index contributed by atoms with van der Waals surface area (Å²) >= 11 is 0. The number of carbonyl (C=O) groups excluding carboxylic acids is 3. The van der Waals surface area contributed by atoms with Crippen molar-refractivity contribution in [1.82, 2.24) is 0 Å². The fraction of sp³-hybridized carbons (Fsp3) is 0.917. The van der Waals surface area contributed by atoms with Gasteiger partial charge in [0.1, 0.15) is 12.7 Å². The van der Waals surface area contributed by atoms with Crippen molar-refractivity contribution >= 4 is 25.7 Å². The Morgan fingerprint density at radius 2 is 0.639 bits per heavy atom. The Kier molecular flexibility index (Phi) is 54.1. The third kappa shape index (κ3) is 53.1. The molecule has 2 N–H and O–H groups in total. The molecule has 0 spiro atoms. The van der Waals surface area contributed by atoms with Crippen molar-refractivity contribution in [3.05, 3.63) is 12.2 Å². The van der Waals surface area contributed by atoms with Crippen LogP contribution in [0.4, 0.5) is 0 Å². The number of phosphoric acid groups is 1. The van der Waals surface area contributed by atoms with Crippen molar-refractivity contribution in [1.29, 1.82) is 0 Å². The van der Waals surface area contributed by atoms with Crippen molar-refractivity contribution in [3.63, 3.8) is 0 Å². The first kappa shape index (κ1) is 70.2. The normalized spacial score (nSPS) is 13.3. The Morgan fingerprint density at radius 3 is 0.958 bits per heavy atom. The van der Waals surface area contributed by atoms with E-state index in [1.165, 1.54) is 180 Å². The predicted molar refractivity (Wildman–Crippen MR) is 298 cm³/mol. The van der Waals surface area contributed by atoms with Gasteiger partial charge in [-0.1, -0.05) is 264 Å². The molecule has 0 aliphatic carbocycles. The summed E-state index contributed by atoms with van der Waals surface area (Å²) < 4.78 is 39.6. The Hall–Kier alpha value is -1.78. The largest absolute Gasteiger partial charge is 0.472 e. The van der Waals surface area contributed by atoms with E-state index in [1.54, 1.807) is 0 Å². The van der Waals surface area contributed by atoms with Crippen LogP contribution in [0.2, 0.25) is 0 Å². The zero-order valence-corrected chi connectivity index (χ0v) is 48.1. The van der Waals surface area contributed by atoms with Crippen molar-refractivity contribution in [2.24, 2.45) is 0 Å². The highest BCUT2D eigenvalue weighted by atomic mass is 31.2. The molecule has 0 saturated carbocycles. The van der Waals surface area contributed by atoms with Crippen LogP contribution in [0, 0.1) is 0 Å². The molecule has 3 atom stereocenters. The minimum absolute atomic E-state index is 0.165. The van der Waals surface area contributed by atoms with Gasteiger partial charge in [0, 0.05) is 19.3 Å². The van der Waals surface area contributed by atoms with Gasteiger partial charge in [-0.25, -0.2) is 4.57 Å². The maximum atomic E-state index is 12.9. The molecule has 11 nitrogen and oxygen atoms in total. The predicted octanol–water partition coefficient (Wildman–Crippen LogP) is 18.0. The average Bonchev–Trinajstić information content (AvgIpc) is 3.37. The lowest BCUT2D eigenvalue weighted by Crippen LogP contribution is -2.30. The molecule has 0 fully saturated rings. The zero-order chi connectivity index (χ0) is 52.7. The standard InChI is InChI=1S/C60H115O11P/c1-4-7-10-13-16-19-22-25-27-28-30-32-34-37-40-43-46-49-58(62)67-53-57(71-60(64)51-48-45-42-39-36-33-29-26-23-20-17-14-11-8-5-2)55-69-72(65,66)68-54-56(52-61)70-59(63)50-47-44-41-38-35-31-24-21-18-15-12-9-6-3/h26,29,56-57,61H,4-25,27-28,30-55H2,1-3H3,(H,65,66)/b29-26-. The summed E-state index contributed by atoms with van der Waals surface area (Å²) in [6, 6.07) is 0. The third-order valence-corrected chi connectivity index (χ3v) is 14.6. The van der Waals surface area contributed by atoms with Crippen LogP contribution in [0.1, 0.15) is 316 Å². The second-order valence-corrected chi connectivity index (χ2v) is 22.3. The lowest BCUT2D eigenvalue weighted by atomic mass is 10.0. The number of phosphoric ester groups is 1. The number of aliphatic hydroxyl groups excluding tert-OH is 1. The van der Waals surface area contributed by atoms with Gasteiger partial charge in [0.25, 0.3) is 0 Å². The second kappa shape index (κ2) is 55.5. The van der Waals surface area contributed by atoms with E-state index in [-0.39, 0.29) is 25.9 Å². The summed E-state index contributed by atoms with van der Waals surface area (Å²) in [5.41, 5.74) is 0. The fourth-order valence-electron chi connectivity index (χ4n) is 9.00.